The van der Waals surface area contributed by atoms with Gasteiger partial charge in [0.2, 0.25) is 5.91 Å². The van der Waals surface area contributed by atoms with Gasteiger partial charge in [0.05, 0.1) is 5.41 Å². The van der Waals surface area contributed by atoms with Gasteiger partial charge in [0, 0.05) is 11.4 Å². The molecule has 1 saturated carbocycles. The number of halogens is 1. The summed E-state index contributed by atoms with van der Waals surface area (Å²) in [6.07, 6.45) is 3.50. The minimum absolute atomic E-state index is 0.0970. The third kappa shape index (κ3) is 1.83. The average molecular weight is 296 g/mol. The van der Waals surface area contributed by atoms with Crippen LogP contribution in [0.25, 0.3) is 0 Å². The van der Waals surface area contributed by atoms with E-state index in [9.17, 15) is 9.18 Å². The summed E-state index contributed by atoms with van der Waals surface area (Å²) < 4.78 is 13.0. The lowest BCUT2D eigenvalue weighted by atomic mass is 9.65. The molecule has 1 aliphatic carbocycles. The highest BCUT2D eigenvalue weighted by atomic mass is 19.1. The molecule has 0 atom stereocenters. The number of anilines is 2. The molecule has 0 radical (unpaired) electrons. The summed E-state index contributed by atoms with van der Waals surface area (Å²) in [5.74, 6) is -0.150. The average Bonchev–Trinajstić information content (AvgIpc) is 2.73. The molecule has 4 heteroatoms. The lowest BCUT2D eigenvalue weighted by Gasteiger charge is -2.36. The van der Waals surface area contributed by atoms with Gasteiger partial charge in [-0.25, -0.2) is 4.39 Å². The van der Waals surface area contributed by atoms with E-state index in [4.69, 9.17) is 5.73 Å². The first-order chi connectivity index (χ1) is 10.6. The lowest BCUT2D eigenvalue weighted by molar-refractivity contribution is -0.123. The minimum atomic E-state index is -0.359. The summed E-state index contributed by atoms with van der Waals surface area (Å²) >= 11 is 0. The maximum Gasteiger partial charge on any atom is 0.235 e. The Morgan fingerprint density at radius 3 is 2.55 bits per heavy atom. The van der Waals surface area contributed by atoms with Gasteiger partial charge in [-0.2, -0.15) is 0 Å². The first kappa shape index (κ1) is 13.3. The van der Waals surface area contributed by atoms with Gasteiger partial charge in [-0.1, -0.05) is 18.6 Å². The number of nitrogens with two attached hydrogens (primary N) is 1. The number of hydrogen-bond acceptors (Lipinski definition) is 2. The zero-order valence-corrected chi connectivity index (χ0v) is 12.2. The van der Waals surface area contributed by atoms with Crippen molar-refractivity contribution in [2.75, 3.05) is 11.1 Å². The molecule has 3 nitrogen and oxygen atoms in total. The van der Waals surface area contributed by atoms with Gasteiger partial charge in [-0.05, 0) is 60.2 Å². The van der Waals surface area contributed by atoms with Gasteiger partial charge in [-0.15, -0.1) is 0 Å². The normalized spacial score (nSPS) is 18.0. The molecule has 0 bridgehead atoms. The van der Waals surface area contributed by atoms with E-state index in [0.717, 1.165) is 41.6 Å². The van der Waals surface area contributed by atoms with Gasteiger partial charge in [0.25, 0.3) is 0 Å². The zero-order chi connectivity index (χ0) is 15.3. The number of rotatable bonds is 2. The van der Waals surface area contributed by atoms with Gasteiger partial charge in [0.15, 0.2) is 0 Å². The Morgan fingerprint density at radius 2 is 1.91 bits per heavy atom. The molecule has 1 aliphatic heterocycles. The van der Waals surface area contributed by atoms with E-state index >= 15 is 0 Å². The van der Waals surface area contributed by atoms with E-state index in [1.807, 2.05) is 12.1 Å². The molecule has 1 heterocycles. The summed E-state index contributed by atoms with van der Waals surface area (Å²) in [6.45, 7) is 0. The number of fused-ring (bicyclic) bond motifs is 2. The summed E-state index contributed by atoms with van der Waals surface area (Å²) in [7, 11) is 0. The second-order valence-electron chi connectivity index (χ2n) is 6.30. The molecule has 22 heavy (non-hydrogen) atoms. The number of hydrogen-bond donors (Lipinski definition) is 2. The standard InChI is InChI=1S/C18H17FN2O/c19-13-4-2-11(3-5-13)8-12-9-14(20)10-15-16(12)21-17(22)18(15)6-1-7-18/h2-5,9-10H,1,6-8,20H2,(H,21,22). The van der Waals surface area contributed by atoms with Crippen LogP contribution in [0.15, 0.2) is 36.4 Å². The van der Waals surface area contributed by atoms with Crippen molar-refractivity contribution in [3.63, 3.8) is 0 Å². The Kier molecular flexibility index (Phi) is 2.76. The second-order valence-corrected chi connectivity index (χ2v) is 6.30. The lowest BCUT2D eigenvalue weighted by Crippen LogP contribution is -2.40. The van der Waals surface area contributed by atoms with Crippen LogP contribution in [0.5, 0.6) is 0 Å². The van der Waals surface area contributed by atoms with Crippen molar-refractivity contribution < 1.29 is 9.18 Å². The molecular formula is C18H17FN2O. The molecule has 0 saturated heterocycles. The molecule has 2 aliphatic rings. The maximum atomic E-state index is 13.0. The number of carbonyl (C=O) groups is 1. The smallest absolute Gasteiger partial charge is 0.235 e. The maximum absolute atomic E-state index is 13.0. The van der Waals surface area contributed by atoms with E-state index in [1.165, 1.54) is 12.1 Å². The molecule has 4 rings (SSSR count). The summed E-state index contributed by atoms with van der Waals surface area (Å²) in [5.41, 5.74) is 10.3. The molecule has 0 aromatic heterocycles. The fourth-order valence-electron chi connectivity index (χ4n) is 3.60. The predicted molar refractivity (Wildman–Crippen MR) is 84.2 cm³/mol. The highest BCUT2D eigenvalue weighted by Crippen LogP contribution is 2.52. The molecule has 3 N–H and O–H groups in total. The quantitative estimate of drug-likeness (QED) is 0.835. The van der Waals surface area contributed by atoms with Gasteiger partial charge in [-0.3, -0.25) is 4.79 Å². The van der Waals surface area contributed by atoms with Crippen molar-refractivity contribution >= 4 is 17.3 Å². The Morgan fingerprint density at radius 1 is 1.18 bits per heavy atom. The molecule has 1 amide bonds. The fourth-order valence-corrected chi connectivity index (χ4v) is 3.60. The number of nitrogen functional groups attached to an aromatic ring is 1. The molecule has 2 aromatic rings. The van der Waals surface area contributed by atoms with Crippen LogP contribution in [0.2, 0.25) is 0 Å². The largest absolute Gasteiger partial charge is 0.399 e. The SMILES string of the molecule is Nc1cc(Cc2ccc(F)cc2)c2c(c1)C1(CCC1)C(=O)N2. The third-order valence-electron chi connectivity index (χ3n) is 4.95. The Hall–Kier alpha value is -2.36. The fraction of sp³-hybridized carbons (Fsp3) is 0.278. The number of nitrogens with one attached hydrogen (secondary N) is 1. The van der Waals surface area contributed by atoms with E-state index in [2.05, 4.69) is 5.32 Å². The van der Waals surface area contributed by atoms with Gasteiger partial charge < -0.3 is 11.1 Å². The molecule has 0 unspecified atom stereocenters. The van der Waals surface area contributed by atoms with Crippen LogP contribution in [-0.4, -0.2) is 5.91 Å². The highest BCUT2D eigenvalue weighted by molar-refractivity contribution is 6.08. The molecule has 2 aromatic carbocycles. The Bertz CT molecular complexity index is 763. The monoisotopic (exact) mass is 296 g/mol. The summed E-state index contributed by atoms with van der Waals surface area (Å²) in [5, 5.41) is 3.05. The van der Waals surface area contributed by atoms with E-state index in [0.29, 0.717) is 12.1 Å². The Balaban J connectivity index is 1.77. The van der Waals surface area contributed by atoms with Crippen molar-refractivity contribution in [2.24, 2.45) is 0 Å². The van der Waals surface area contributed by atoms with Crippen LogP contribution >= 0.6 is 0 Å². The number of benzene rings is 2. The van der Waals surface area contributed by atoms with Gasteiger partial charge >= 0.3 is 0 Å². The predicted octanol–water partition coefficient (Wildman–Crippen LogP) is 3.37. The first-order valence-electron chi connectivity index (χ1n) is 7.57. The van der Waals surface area contributed by atoms with Crippen LogP contribution < -0.4 is 11.1 Å². The van der Waals surface area contributed by atoms with E-state index < -0.39 is 0 Å². The van der Waals surface area contributed by atoms with Crippen molar-refractivity contribution in [2.45, 2.75) is 31.1 Å². The van der Waals surface area contributed by atoms with Crippen molar-refractivity contribution in [1.29, 1.82) is 0 Å². The van der Waals surface area contributed by atoms with Crippen LogP contribution in [0.3, 0.4) is 0 Å². The van der Waals surface area contributed by atoms with Crippen LogP contribution in [-0.2, 0) is 16.6 Å². The number of amides is 1. The van der Waals surface area contributed by atoms with Crippen molar-refractivity contribution in [1.82, 2.24) is 0 Å². The topological polar surface area (TPSA) is 55.1 Å². The molecular weight excluding hydrogens is 279 g/mol. The summed E-state index contributed by atoms with van der Waals surface area (Å²) in [4.78, 5) is 12.4. The molecule has 112 valence electrons. The van der Waals surface area contributed by atoms with Crippen molar-refractivity contribution in [3.8, 4) is 0 Å². The van der Waals surface area contributed by atoms with E-state index in [-0.39, 0.29) is 17.1 Å². The Labute approximate surface area is 128 Å². The molecule has 1 spiro atoms. The summed E-state index contributed by atoms with van der Waals surface area (Å²) in [6, 6.07) is 10.3. The van der Waals surface area contributed by atoms with Gasteiger partial charge in [0.1, 0.15) is 5.82 Å². The van der Waals surface area contributed by atoms with E-state index in [1.54, 1.807) is 12.1 Å². The minimum Gasteiger partial charge on any atom is -0.399 e. The van der Waals surface area contributed by atoms with Crippen LogP contribution in [0.4, 0.5) is 15.8 Å². The first-order valence-corrected chi connectivity index (χ1v) is 7.57. The van der Waals surface area contributed by atoms with Crippen LogP contribution in [0, 0.1) is 5.82 Å². The third-order valence-corrected chi connectivity index (χ3v) is 4.95. The van der Waals surface area contributed by atoms with Crippen molar-refractivity contribution in [3.05, 3.63) is 58.9 Å². The highest BCUT2D eigenvalue weighted by Gasteiger charge is 2.51. The molecule has 1 fully saturated rings. The van der Waals surface area contributed by atoms with Crippen LogP contribution in [0.1, 0.15) is 36.0 Å². The number of carbonyl (C=O) groups excluding carboxylic acids is 1. The zero-order valence-electron chi connectivity index (χ0n) is 12.2. The second kappa shape index (κ2) is 4.57.